The van der Waals surface area contributed by atoms with E-state index in [1.165, 1.54) is 10.9 Å². The molecule has 28 heavy (non-hydrogen) atoms. The van der Waals surface area contributed by atoms with Gasteiger partial charge in [-0.3, -0.25) is 19.1 Å². The molecule has 3 aromatic rings. The highest BCUT2D eigenvalue weighted by molar-refractivity contribution is 9.10. The minimum Gasteiger partial charge on any atom is -0.338 e. The molecule has 1 fully saturated rings. The van der Waals surface area contributed by atoms with E-state index in [1.807, 2.05) is 25.1 Å². The second kappa shape index (κ2) is 7.78. The summed E-state index contributed by atoms with van der Waals surface area (Å²) >= 11 is 3.36. The first kappa shape index (κ1) is 18.7. The number of hydrogen-bond donors (Lipinski definition) is 3. The van der Waals surface area contributed by atoms with Crippen molar-refractivity contribution in [3.05, 3.63) is 69.4 Å². The summed E-state index contributed by atoms with van der Waals surface area (Å²) in [4.78, 5) is 33.5. The van der Waals surface area contributed by atoms with Gasteiger partial charge in [0.1, 0.15) is 6.54 Å². The van der Waals surface area contributed by atoms with E-state index in [4.69, 9.17) is 0 Å². The highest BCUT2D eigenvalue weighted by Gasteiger charge is 2.34. The van der Waals surface area contributed by atoms with Crippen LogP contribution in [0.2, 0.25) is 0 Å². The van der Waals surface area contributed by atoms with Crippen LogP contribution >= 0.6 is 15.9 Å². The smallest absolute Gasteiger partial charge is 0.261 e. The summed E-state index contributed by atoms with van der Waals surface area (Å²) in [6, 6.07) is 9.24. The van der Waals surface area contributed by atoms with Gasteiger partial charge in [0.2, 0.25) is 5.91 Å². The summed E-state index contributed by atoms with van der Waals surface area (Å²) in [5.41, 5.74) is 7.76. The molecule has 144 valence electrons. The number of amides is 1. The first-order valence-corrected chi connectivity index (χ1v) is 9.67. The molecule has 2 aromatic heterocycles. The number of carbonyl (C=O) groups is 1. The maximum absolute atomic E-state index is 12.6. The Balaban J connectivity index is 1.46. The first-order valence-electron chi connectivity index (χ1n) is 8.88. The molecule has 3 N–H and O–H groups in total. The van der Waals surface area contributed by atoms with E-state index < -0.39 is 0 Å². The fourth-order valence-electron chi connectivity index (χ4n) is 3.38. The molecule has 1 amide bonds. The number of aromatic nitrogens is 3. The summed E-state index contributed by atoms with van der Waals surface area (Å²) in [5, 5.41) is 3.41. The predicted molar refractivity (Wildman–Crippen MR) is 108 cm³/mol. The molecule has 8 nitrogen and oxygen atoms in total. The van der Waals surface area contributed by atoms with Crippen molar-refractivity contribution in [1.82, 2.24) is 30.7 Å². The summed E-state index contributed by atoms with van der Waals surface area (Å²) < 4.78 is 2.11. The second-order valence-corrected chi connectivity index (χ2v) is 7.71. The van der Waals surface area contributed by atoms with E-state index in [0.717, 1.165) is 10.0 Å². The van der Waals surface area contributed by atoms with Gasteiger partial charge >= 0.3 is 0 Å². The minimum atomic E-state index is -0.264. The minimum absolute atomic E-state index is 0.0516. The summed E-state index contributed by atoms with van der Waals surface area (Å²) in [5.74, 6) is -0.159. The molecule has 3 atom stereocenters. The Kier molecular flexibility index (Phi) is 5.21. The lowest BCUT2D eigenvalue weighted by atomic mass is 9.95. The highest BCUT2D eigenvalue weighted by atomic mass is 79.9. The lowest BCUT2D eigenvalue weighted by molar-refractivity contribution is -0.122. The Morgan fingerprint density at radius 1 is 1.25 bits per heavy atom. The zero-order valence-corrected chi connectivity index (χ0v) is 16.7. The highest BCUT2D eigenvalue weighted by Crippen LogP contribution is 2.26. The van der Waals surface area contributed by atoms with Crippen molar-refractivity contribution in [3.8, 4) is 0 Å². The second-order valence-electron chi connectivity index (χ2n) is 6.79. The van der Waals surface area contributed by atoms with Crippen LogP contribution in [0.1, 0.15) is 18.5 Å². The number of nitrogens with zero attached hydrogens (tertiary/aromatic N) is 3. The third kappa shape index (κ3) is 3.68. The molecule has 1 aromatic carbocycles. The van der Waals surface area contributed by atoms with Gasteiger partial charge in [0.15, 0.2) is 0 Å². The van der Waals surface area contributed by atoms with Gasteiger partial charge in [0, 0.05) is 22.8 Å². The monoisotopic (exact) mass is 442 g/mol. The van der Waals surface area contributed by atoms with Crippen LogP contribution in [-0.2, 0) is 11.3 Å². The van der Waals surface area contributed by atoms with Gasteiger partial charge in [0.05, 0.1) is 29.4 Å². The average Bonchev–Trinajstić information content (AvgIpc) is 3.05. The normalized spacial score (nSPS) is 21.7. The summed E-state index contributed by atoms with van der Waals surface area (Å²) in [7, 11) is 0. The Hall–Kier alpha value is -2.62. The molecule has 1 saturated heterocycles. The van der Waals surface area contributed by atoms with E-state index in [0.29, 0.717) is 10.9 Å². The van der Waals surface area contributed by atoms with Crippen LogP contribution in [0, 0.1) is 5.92 Å². The third-order valence-electron chi connectivity index (χ3n) is 4.93. The van der Waals surface area contributed by atoms with Crippen LogP contribution in [0.5, 0.6) is 0 Å². The zero-order valence-electron chi connectivity index (χ0n) is 15.1. The number of fused-ring (bicyclic) bond motifs is 1. The van der Waals surface area contributed by atoms with Crippen LogP contribution in [0.3, 0.4) is 0 Å². The Morgan fingerprint density at radius 3 is 2.82 bits per heavy atom. The van der Waals surface area contributed by atoms with Gasteiger partial charge in [-0.2, -0.15) is 0 Å². The number of carbonyl (C=O) groups excluding carboxylic acids is 1. The van der Waals surface area contributed by atoms with Crippen molar-refractivity contribution >= 4 is 32.7 Å². The number of rotatable bonds is 4. The number of benzene rings is 1. The summed E-state index contributed by atoms with van der Waals surface area (Å²) in [6.45, 7) is 1.95. The Morgan fingerprint density at radius 2 is 2.04 bits per heavy atom. The number of pyridine rings is 1. The SMILES string of the molecule is CC1C(NC(=O)Cn2cnc3ccc(Br)cc3c2=O)NNC1c1ccncc1. The molecular formula is C19H19BrN6O2. The zero-order chi connectivity index (χ0) is 19.7. The van der Waals surface area contributed by atoms with Gasteiger partial charge in [-0.05, 0) is 35.9 Å². The molecule has 1 aliphatic rings. The van der Waals surface area contributed by atoms with E-state index in [2.05, 4.69) is 42.1 Å². The Labute approximate surface area is 169 Å². The fraction of sp³-hybridized carbons (Fsp3) is 0.263. The van der Waals surface area contributed by atoms with E-state index in [9.17, 15) is 9.59 Å². The molecular weight excluding hydrogens is 424 g/mol. The van der Waals surface area contributed by atoms with Crippen LogP contribution in [0.15, 0.2) is 58.3 Å². The van der Waals surface area contributed by atoms with Crippen molar-refractivity contribution < 1.29 is 4.79 Å². The van der Waals surface area contributed by atoms with Crippen LogP contribution in [0.25, 0.3) is 10.9 Å². The molecule has 3 heterocycles. The molecule has 0 radical (unpaired) electrons. The number of hydrazine groups is 1. The molecule has 1 aliphatic heterocycles. The van der Waals surface area contributed by atoms with Gasteiger partial charge in [-0.25, -0.2) is 15.8 Å². The fourth-order valence-corrected chi connectivity index (χ4v) is 3.74. The molecule has 0 aliphatic carbocycles. The largest absolute Gasteiger partial charge is 0.338 e. The van der Waals surface area contributed by atoms with E-state index >= 15 is 0 Å². The van der Waals surface area contributed by atoms with Gasteiger partial charge < -0.3 is 5.32 Å². The molecule has 0 bridgehead atoms. The first-order chi connectivity index (χ1) is 13.5. The quantitative estimate of drug-likeness (QED) is 0.565. The maximum atomic E-state index is 12.6. The van der Waals surface area contributed by atoms with Crippen molar-refractivity contribution in [2.45, 2.75) is 25.7 Å². The lowest BCUT2D eigenvalue weighted by Crippen LogP contribution is -2.48. The predicted octanol–water partition coefficient (Wildman–Crippen LogP) is 1.48. The topological polar surface area (TPSA) is 101 Å². The molecule has 3 unspecified atom stereocenters. The van der Waals surface area contributed by atoms with Crippen molar-refractivity contribution in [2.24, 2.45) is 5.92 Å². The molecule has 9 heteroatoms. The van der Waals surface area contributed by atoms with Crippen LogP contribution in [0.4, 0.5) is 0 Å². The number of hydrogen-bond acceptors (Lipinski definition) is 6. The Bertz CT molecular complexity index is 1070. The van der Waals surface area contributed by atoms with E-state index in [-0.39, 0.29) is 36.1 Å². The van der Waals surface area contributed by atoms with E-state index in [1.54, 1.807) is 24.5 Å². The van der Waals surface area contributed by atoms with Crippen molar-refractivity contribution in [1.29, 1.82) is 0 Å². The molecule has 0 saturated carbocycles. The summed E-state index contributed by atoms with van der Waals surface area (Å²) in [6.07, 6.45) is 4.63. The average molecular weight is 443 g/mol. The lowest BCUT2D eigenvalue weighted by Gasteiger charge is -2.20. The van der Waals surface area contributed by atoms with Crippen LogP contribution in [-0.4, -0.2) is 26.6 Å². The van der Waals surface area contributed by atoms with Gasteiger partial charge in [-0.1, -0.05) is 22.9 Å². The standard InChI is InChI=1S/C19H19BrN6O2/c1-11-17(12-4-6-21-7-5-12)24-25-18(11)23-16(27)9-26-10-22-15-3-2-13(20)8-14(15)19(26)28/h2-8,10-11,17-18,24-25H,9H2,1H3,(H,23,27). The number of nitrogens with one attached hydrogen (secondary N) is 3. The van der Waals surface area contributed by atoms with Gasteiger partial charge in [-0.15, -0.1) is 0 Å². The third-order valence-corrected chi connectivity index (χ3v) is 5.42. The van der Waals surface area contributed by atoms with Crippen molar-refractivity contribution in [3.63, 3.8) is 0 Å². The van der Waals surface area contributed by atoms with Crippen molar-refractivity contribution in [2.75, 3.05) is 0 Å². The molecule has 0 spiro atoms. The number of halogens is 1. The van der Waals surface area contributed by atoms with Gasteiger partial charge in [0.25, 0.3) is 5.56 Å². The molecule has 4 rings (SSSR count). The maximum Gasteiger partial charge on any atom is 0.261 e. The van der Waals surface area contributed by atoms with Crippen LogP contribution < -0.4 is 21.7 Å².